The van der Waals surface area contributed by atoms with Crippen LogP contribution in [0.5, 0.6) is 0 Å². The summed E-state index contributed by atoms with van der Waals surface area (Å²) in [4.78, 5) is 49.0. The SMILES string of the molecule is CC(CS(=O)(=O)Cc1ccccc1)C(=O)NC(CC(=O)O)C(=O)COC(=O)Cc1cccc2ccccc12. The van der Waals surface area contributed by atoms with E-state index in [0.29, 0.717) is 11.1 Å². The number of hydrogen-bond acceptors (Lipinski definition) is 7. The molecule has 0 aliphatic rings. The Morgan fingerprint density at radius 3 is 2.29 bits per heavy atom. The van der Waals surface area contributed by atoms with Crippen molar-refractivity contribution in [2.24, 2.45) is 5.92 Å². The Hall–Kier alpha value is -4.05. The number of hydrogen-bond donors (Lipinski definition) is 2. The molecule has 0 fully saturated rings. The molecule has 3 aromatic rings. The fraction of sp³-hybridized carbons (Fsp3) is 0.286. The molecule has 0 spiro atoms. The number of carbonyl (C=O) groups is 4. The van der Waals surface area contributed by atoms with Crippen LogP contribution in [0.3, 0.4) is 0 Å². The molecular formula is C28H29NO8S. The van der Waals surface area contributed by atoms with Gasteiger partial charge in [0.05, 0.1) is 24.3 Å². The van der Waals surface area contributed by atoms with E-state index < -0.39 is 64.2 Å². The number of sulfone groups is 1. The molecule has 2 N–H and O–H groups in total. The molecule has 0 bridgehead atoms. The van der Waals surface area contributed by atoms with Crippen LogP contribution in [-0.4, -0.2) is 55.6 Å². The minimum atomic E-state index is -3.66. The Balaban J connectivity index is 1.57. The number of amides is 1. The molecule has 0 aromatic heterocycles. The molecule has 1 amide bonds. The van der Waals surface area contributed by atoms with Crippen LogP contribution < -0.4 is 5.32 Å². The molecule has 0 saturated heterocycles. The fourth-order valence-electron chi connectivity index (χ4n) is 3.98. The lowest BCUT2D eigenvalue weighted by Gasteiger charge is -2.19. The van der Waals surface area contributed by atoms with Gasteiger partial charge in [0.25, 0.3) is 0 Å². The molecule has 200 valence electrons. The standard InChI is InChI=1S/C28H29NO8S/c1-19(17-38(35,36)18-20-8-3-2-4-9-20)28(34)29-24(15-26(31)32)25(30)16-37-27(33)14-22-12-7-11-21-10-5-6-13-23(21)22/h2-13,19,24H,14-18H2,1H3,(H,29,34)(H,31,32). The van der Waals surface area contributed by atoms with E-state index in [9.17, 15) is 32.7 Å². The highest BCUT2D eigenvalue weighted by atomic mass is 32.2. The van der Waals surface area contributed by atoms with Crippen LogP contribution in [0.1, 0.15) is 24.5 Å². The summed E-state index contributed by atoms with van der Waals surface area (Å²) in [6.45, 7) is 0.646. The van der Waals surface area contributed by atoms with E-state index in [-0.39, 0.29) is 12.2 Å². The molecule has 3 aromatic carbocycles. The molecule has 0 aliphatic heterocycles. The van der Waals surface area contributed by atoms with Crippen molar-refractivity contribution in [1.82, 2.24) is 5.32 Å². The Morgan fingerprint density at radius 1 is 0.921 bits per heavy atom. The normalized spacial score (nSPS) is 12.9. The van der Waals surface area contributed by atoms with Crippen LogP contribution >= 0.6 is 0 Å². The Kier molecular flexibility index (Phi) is 9.72. The number of rotatable bonds is 13. The topological polar surface area (TPSA) is 144 Å². The number of Topliss-reactive ketones (excluding diaryl/α,β-unsaturated/α-hetero) is 1. The molecule has 3 rings (SSSR count). The third-order valence-electron chi connectivity index (χ3n) is 5.85. The number of benzene rings is 3. The maximum absolute atomic E-state index is 12.7. The molecule has 2 atom stereocenters. The number of esters is 1. The first kappa shape index (κ1) is 28.5. The molecule has 38 heavy (non-hydrogen) atoms. The van der Waals surface area contributed by atoms with Crippen LogP contribution in [0.2, 0.25) is 0 Å². The predicted molar refractivity (Wildman–Crippen MR) is 141 cm³/mol. The first-order valence-corrected chi connectivity index (χ1v) is 13.8. The Bertz CT molecular complexity index is 1410. The summed E-state index contributed by atoms with van der Waals surface area (Å²) < 4.78 is 30.1. The number of carbonyl (C=O) groups excluding carboxylic acids is 3. The predicted octanol–water partition coefficient (Wildman–Crippen LogP) is 2.71. The number of fused-ring (bicyclic) bond motifs is 1. The highest BCUT2D eigenvalue weighted by Gasteiger charge is 2.29. The van der Waals surface area contributed by atoms with E-state index in [1.54, 1.807) is 42.5 Å². The van der Waals surface area contributed by atoms with Gasteiger partial charge < -0.3 is 15.2 Å². The van der Waals surface area contributed by atoms with Crippen LogP contribution in [-0.2, 0) is 45.9 Å². The summed E-state index contributed by atoms with van der Waals surface area (Å²) in [5.74, 6) is -5.42. The second-order valence-corrected chi connectivity index (χ2v) is 11.2. The zero-order chi connectivity index (χ0) is 27.7. The van der Waals surface area contributed by atoms with E-state index in [1.165, 1.54) is 6.92 Å². The van der Waals surface area contributed by atoms with Gasteiger partial charge in [-0.05, 0) is 21.9 Å². The Labute approximate surface area is 220 Å². The third kappa shape index (κ3) is 8.52. The number of carboxylic acids is 1. The second kappa shape index (κ2) is 13.0. The average Bonchev–Trinajstić information content (AvgIpc) is 2.86. The van der Waals surface area contributed by atoms with E-state index >= 15 is 0 Å². The van der Waals surface area contributed by atoms with E-state index in [1.807, 2.05) is 30.3 Å². The maximum Gasteiger partial charge on any atom is 0.310 e. The average molecular weight is 540 g/mol. The maximum atomic E-state index is 12.7. The molecule has 0 heterocycles. The van der Waals surface area contributed by atoms with Gasteiger partial charge in [-0.15, -0.1) is 0 Å². The lowest BCUT2D eigenvalue weighted by atomic mass is 10.0. The van der Waals surface area contributed by atoms with Gasteiger partial charge in [0.2, 0.25) is 5.91 Å². The van der Waals surface area contributed by atoms with Gasteiger partial charge in [-0.3, -0.25) is 19.2 Å². The first-order chi connectivity index (χ1) is 18.0. The van der Waals surface area contributed by atoms with Gasteiger partial charge in [-0.2, -0.15) is 0 Å². The summed E-state index contributed by atoms with van der Waals surface area (Å²) in [6, 6.07) is 20.0. The monoisotopic (exact) mass is 539 g/mol. The van der Waals surface area contributed by atoms with Crippen molar-refractivity contribution >= 4 is 44.2 Å². The van der Waals surface area contributed by atoms with Crippen LogP contribution in [0.15, 0.2) is 72.8 Å². The molecule has 0 saturated carbocycles. The van der Waals surface area contributed by atoms with Crippen LogP contribution in [0.4, 0.5) is 0 Å². The van der Waals surface area contributed by atoms with Crippen molar-refractivity contribution in [3.8, 4) is 0 Å². The summed E-state index contributed by atoms with van der Waals surface area (Å²) in [7, 11) is -3.66. The van der Waals surface area contributed by atoms with Crippen molar-refractivity contribution in [3.05, 3.63) is 83.9 Å². The van der Waals surface area contributed by atoms with Crippen molar-refractivity contribution in [3.63, 3.8) is 0 Å². The summed E-state index contributed by atoms with van der Waals surface area (Å²) in [5, 5.41) is 13.3. The minimum Gasteiger partial charge on any atom is -0.481 e. The molecule has 0 aliphatic carbocycles. The number of ketones is 1. The highest BCUT2D eigenvalue weighted by Crippen LogP contribution is 2.19. The van der Waals surface area contributed by atoms with Gasteiger partial charge in [0.15, 0.2) is 22.2 Å². The summed E-state index contributed by atoms with van der Waals surface area (Å²) in [6.07, 6.45) is -0.837. The largest absolute Gasteiger partial charge is 0.481 e. The van der Waals surface area contributed by atoms with E-state index in [4.69, 9.17) is 4.74 Å². The van der Waals surface area contributed by atoms with Gasteiger partial charge in [0.1, 0.15) is 6.04 Å². The lowest BCUT2D eigenvalue weighted by Crippen LogP contribution is -2.47. The van der Waals surface area contributed by atoms with Crippen LogP contribution in [0.25, 0.3) is 10.8 Å². The number of carboxylic acid groups (broad SMARTS) is 1. The van der Waals surface area contributed by atoms with Crippen molar-refractivity contribution in [2.45, 2.75) is 31.6 Å². The minimum absolute atomic E-state index is 0.0963. The summed E-state index contributed by atoms with van der Waals surface area (Å²) >= 11 is 0. The number of nitrogens with one attached hydrogen (secondary N) is 1. The smallest absolute Gasteiger partial charge is 0.310 e. The van der Waals surface area contributed by atoms with E-state index in [2.05, 4.69) is 5.32 Å². The number of ether oxygens (including phenoxy) is 1. The quantitative estimate of drug-likeness (QED) is 0.316. The third-order valence-corrected chi connectivity index (χ3v) is 7.64. The van der Waals surface area contributed by atoms with Crippen LogP contribution in [0, 0.1) is 5.92 Å². The molecule has 0 radical (unpaired) electrons. The van der Waals surface area contributed by atoms with Gasteiger partial charge in [-0.1, -0.05) is 79.7 Å². The first-order valence-electron chi connectivity index (χ1n) is 12.0. The van der Waals surface area contributed by atoms with E-state index in [0.717, 1.165) is 10.8 Å². The lowest BCUT2D eigenvalue weighted by molar-refractivity contribution is -0.148. The second-order valence-electron chi connectivity index (χ2n) is 9.04. The molecule has 10 heteroatoms. The Morgan fingerprint density at radius 2 is 1.58 bits per heavy atom. The van der Waals surface area contributed by atoms with Gasteiger partial charge >= 0.3 is 11.9 Å². The fourth-order valence-corrected chi connectivity index (χ4v) is 5.71. The molecule has 2 unspecified atom stereocenters. The zero-order valence-corrected chi connectivity index (χ0v) is 21.6. The van der Waals surface area contributed by atoms with Crippen molar-refractivity contribution in [2.75, 3.05) is 12.4 Å². The molecule has 9 nitrogen and oxygen atoms in total. The van der Waals surface area contributed by atoms with Gasteiger partial charge in [-0.25, -0.2) is 8.42 Å². The zero-order valence-electron chi connectivity index (χ0n) is 20.8. The molecular weight excluding hydrogens is 510 g/mol. The van der Waals surface area contributed by atoms with Crippen molar-refractivity contribution < 1.29 is 37.4 Å². The van der Waals surface area contributed by atoms with Gasteiger partial charge in [0, 0.05) is 5.92 Å². The summed E-state index contributed by atoms with van der Waals surface area (Å²) in [5.41, 5.74) is 1.28. The van der Waals surface area contributed by atoms with Crippen molar-refractivity contribution in [1.29, 1.82) is 0 Å². The highest BCUT2D eigenvalue weighted by molar-refractivity contribution is 7.90. The number of aliphatic carboxylic acids is 1.